The molecule has 42 valence electrons. The van der Waals surface area contributed by atoms with Crippen LogP contribution in [-0.4, -0.2) is 17.9 Å². The van der Waals surface area contributed by atoms with Crippen molar-refractivity contribution in [2.45, 2.75) is 0 Å². The lowest BCUT2D eigenvalue weighted by Crippen LogP contribution is -2.26. The second-order valence-corrected chi connectivity index (χ2v) is 1.97. The van der Waals surface area contributed by atoms with Crippen LogP contribution in [0.4, 0.5) is 0 Å². The maximum Gasteiger partial charge on any atom is 0.199 e. The first-order chi connectivity index (χ1) is 3.77. The highest BCUT2D eigenvalue weighted by atomic mass is 15.3. The van der Waals surface area contributed by atoms with Crippen LogP contribution in [0.5, 0.6) is 0 Å². The minimum Gasteiger partial charge on any atom is -0.230 e. The summed E-state index contributed by atoms with van der Waals surface area (Å²) in [6.45, 7) is 3.64. The van der Waals surface area contributed by atoms with Crippen molar-refractivity contribution in [3.8, 4) is 0 Å². The minimum absolute atomic E-state index is 0.611. The molecule has 1 rings (SSSR count). The molecule has 2 nitrogen and oxygen atoms in total. The molecule has 0 aromatic heterocycles. The molecule has 0 spiro atoms. The second kappa shape index (κ2) is 1.56. The molecule has 0 saturated heterocycles. The largest absolute Gasteiger partial charge is 0.230 e. The first-order valence-corrected chi connectivity index (χ1v) is 2.48. The fourth-order valence-corrected chi connectivity index (χ4v) is 0.511. The van der Waals surface area contributed by atoms with E-state index < -0.39 is 0 Å². The molecular weight excluding hydrogens is 100 g/mol. The maximum absolute atomic E-state index is 3.90. The Morgan fingerprint density at radius 2 is 2.50 bits per heavy atom. The van der Waals surface area contributed by atoms with Crippen molar-refractivity contribution in [1.29, 1.82) is 0 Å². The molecule has 0 unspecified atom stereocenters. The van der Waals surface area contributed by atoms with Gasteiger partial charge in [0.05, 0.1) is 19.4 Å². The summed E-state index contributed by atoms with van der Waals surface area (Å²) in [6, 6.07) is 0. The fourth-order valence-electron chi connectivity index (χ4n) is 0.511. The van der Waals surface area contributed by atoms with Crippen molar-refractivity contribution in [2.24, 2.45) is 4.99 Å². The Hall–Kier alpha value is -0.890. The van der Waals surface area contributed by atoms with Gasteiger partial charge in [-0.05, 0) is 6.58 Å². The van der Waals surface area contributed by atoms with Gasteiger partial charge in [-0.15, -0.1) is 0 Å². The average Bonchev–Trinajstić information content (AvgIpc) is 2.17. The normalized spacial score (nSPS) is 33.6. The Kier molecular flexibility index (Phi) is 1.02. The lowest BCUT2D eigenvalue weighted by Gasteiger charge is -2.13. The monoisotopic (exact) mass is 109 g/mol. The van der Waals surface area contributed by atoms with Crippen LogP contribution in [0, 0.1) is 0 Å². The topological polar surface area (TPSA) is 12.4 Å². The zero-order chi connectivity index (χ0) is 6.04. The molecule has 1 aliphatic heterocycles. The number of hydrogen-bond donors (Lipinski definition) is 0. The van der Waals surface area contributed by atoms with E-state index in [0.29, 0.717) is 4.48 Å². The van der Waals surface area contributed by atoms with Crippen molar-refractivity contribution < 1.29 is 4.48 Å². The van der Waals surface area contributed by atoms with E-state index in [1.807, 2.05) is 25.8 Å². The summed E-state index contributed by atoms with van der Waals surface area (Å²) in [5.74, 6) is 0. The van der Waals surface area contributed by atoms with Crippen LogP contribution >= 0.6 is 0 Å². The molecule has 0 radical (unpaired) electrons. The Balaban J connectivity index is 2.83. The van der Waals surface area contributed by atoms with E-state index in [-0.39, 0.29) is 0 Å². The van der Waals surface area contributed by atoms with Gasteiger partial charge in [-0.25, -0.2) is 9.48 Å². The fraction of sp³-hybridized carbons (Fsp3) is 0.167. The maximum atomic E-state index is 3.90. The quantitative estimate of drug-likeness (QED) is 0.447. The van der Waals surface area contributed by atoms with Crippen LogP contribution in [0.1, 0.15) is 0 Å². The van der Waals surface area contributed by atoms with Crippen LogP contribution in [0.2, 0.25) is 0 Å². The zero-order valence-electron chi connectivity index (χ0n) is 4.91. The Morgan fingerprint density at radius 3 is 2.75 bits per heavy atom. The van der Waals surface area contributed by atoms with Gasteiger partial charge in [0.1, 0.15) is 6.20 Å². The molecule has 0 amide bonds. The number of rotatable bonds is 1. The SMILES string of the molecule is C=C[N@+]1(C)C=CN=C1. The van der Waals surface area contributed by atoms with Gasteiger partial charge in [0.15, 0.2) is 6.34 Å². The molecule has 1 heterocycles. The summed E-state index contributed by atoms with van der Waals surface area (Å²) < 4.78 is 0.611. The second-order valence-electron chi connectivity index (χ2n) is 1.97. The number of quaternary nitrogens is 1. The summed E-state index contributed by atoms with van der Waals surface area (Å²) in [7, 11) is 2.00. The molecule has 0 bridgehead atoms. The van der Waals surface area contributed by atoms with Gasteiger partial charge in [0, 0.05) is 0 Å². The molecular formula is C6H9N2+. The molecule has 0 aromatic rings. The van der Waals surface area contributed by atoms with Crippen molar-refractivity contribution in [1.82, 2.24) is 0 Å². The standard InChI is InChI=1S/C6H9N2/c1-3-8(2)5-4-7-6-8/h3-6H,1H2,2H3/q+1/t8-/m1/s1. The highest BCUT2D eigenvalue weighted by Crippen LogP contribution is 2.05. The molecule has 1 aliphatic rings. The van der Waals surface area contributed by atoms with Crippen molar-refractivity contribution in [2.75, 3.05) is 7.05 Å². The first kappa shape index (κ1) is 5.25. The first-order valence-electron chi connectivity index (χ1n) is 2.48. The molecule has 2 heteroatoms. The van der Waals surface area contributed by atoms with Crippen molar-refractivity contribution >= 4 is 6.34 Å². The van der Waals surface area contributed by atoms with Gasteiger partial charge in [-0.2, -0.15) is 0 Å². The lowest BCUT2D eigenvalue weighted by molar-refractivity contribution is -0.696. The van der Waals surface area contributed by atoms with E-state index >= 15 is 0 Å². The number of hydrogen-bond acceptors (Lipinski definition) is 1. The van der Waals surface area contributed by atoms with Crippen LogP contribution in [0.3, 0.4) is 0 Å². The third-order valence-electron chi connectivity index (χ3n) is 1.18. The van der Waals surface area contributed by atoms with Gasteiger partial charge >= 0.3 is 0 Å². The molecule has 1 atom stereocenters. The van der Waals surface area contributed by atoms with Gasteiger partial charge in [0.2, 0.25) is 0 Å². The third kappa shape index (κ3) is 0.699. The zero-order valence-corrected chi connectivity index (χ0v) is 4.91. The van der Waals surface area contributed by atoms with E-state index in [4.69, 9.17) is 0 Å². The van der Waals surface area contributed by atoms with Crippen molar-refractivity contribution in [3.05, 3.63) is 25.2 Å². The minimum atomic E-state index is 0.611. The van der Waals surface area contributed by atoms with E-state index in [1.165, 1.54) is 0 Å². The predicted octanol–water partition coefficient (Wildman–Crippen LogP) is 1.09. The van der Waals surface area contributed by atoms with Crippen LogP contribution in [-0.2, 0) is 0 Å². The van der Waals surface area contributed by atoms with E-state index in [0.717, 1.165) is 0 Å². The molecule has 0 aromatic carbocycles. The smallest absolute Gasteiger partial charge is 0.199 e. The van der Waals surface area contributed by atoms with Crippen LogP contribution < -0.4 is 0 Å². The number of nitrogens with zero attached hydrogens (tertiary/aromatic N) is 2. The summed E-state index contributed by atoms with van der Waals surface area (Å²) in [4.78, 5) is 3.90. The molecule has 0 N–H and O–H groups in total. The predicted molar refractivity (Wildman–Crippen MR) is 34.0 cm³/mol. The molecule has 8 heavy (non-hydrogen) atoms. The summed E-state index contributed by atoms with van der Waals surface area (Å²) in [5, 5.41) is 0. The molecule has 0 aliphatic carbocycles. The van der Waals surface area contributed by atoms with Gasteiger partial charge in [-0.1, -0.05) is 0 Å². The van der Waals surface area contributed by atoms with Gasteiger partial charge in [0.25, 0.3) is 0 Å². The Labute approximate surface area is 49.0 Å². The Morgan fingerprint density at radius 1 is 1.75 bits per heavy atom. The van der Waals surface area contributed by atoms with E-state index in [9.17, 15) is 0 Å². The van der Waals surface area contributed by atoms with E-state index in [2.05, 4.69) is 11.6 Å². The van der Waals surface area contributed by atoms with Crippen LogP contribution in [0.15, 0.2) is 30.2 Å². The Bertz CT molecular complexity index is 144. The summed E-state index contributed by atoms with van der Waals surface area (Å²) >= 11 is 0. The van der Waals surface area contributed by atoms with Gasteiger partial charge in [-0.3, -0.25) is 0 Å². The molecule has 0 fully saturated rings. The number of aliphatic imine (C=N–C) groups is 1. The third-order valence-corrected chi connectivity index (χ3v) is 1.18. The van der Waals surface area contributed by atoms with Crippen molar-refractivity contribution in [3.63, 3.8) is 0 Å². The summed E-state index contributed by atoms with van der Waals surface area (Å²) in [6.07, 6.45) is 7.34. The lowest BCUT2D eigenvalue weighted by atomic mass is 10.6. The highest BCUT2D eigenvalue weighted by Gasteiger charge is 2.13. The summed E-state index contributed by atoms with van der Waals surface area (Å²) in [5.41, 5.74) is 0. The average molecular weight is 109 g/mol. The van der Waals surface area contributed by atoms with E-state index in [1.54, 1.807) is 6.20 Å². The highest BCUT2D eigenvalue weighted by molar-refractivity contribution is 5.51. The van der Waals surface area contributed by atoms with Gasteiger partial charge < -0.3 is 0 Å². The molecule has 0 saturated carbocycles. The van der Waals surface area contributed by atoms with Crippen LogP contribution in [0.25, 0.3) is 0 Å².